The van der Waals surface area contributed by atoms with Crippen LogP contribution in [0.4, 0.5) is 5.82 Å². The second kappa shape index (κ2) is 8.15. The van der Waals surface area contributed by atoms with Crippen LogP contribution in [-0.2, 0) is 23.9 Å². The van der Waals surface area contributed by atoms with Gasteiger partial charge in [-0.2, -0.15) is 10.2 Å². The quantitative estimate of drug-likeness (QED) is 0.409. The predicted molar refractivity (Wildman–Crippen MR) is 136 cm³/mol. The van der Waals surface area contributed by atoms with Crippen molar-refractivity contribution in [2.45, 2.75) is 31.4 Å². The van der Waals surface area contributed by atoms with Gasteiger partial charge < -0.3 is 4.90 Å². The molecular formula is C25H29N7O2S. The molecule has 0 spiro atoms. The van der Waals surface area contributed by atoms with Crippen LogP contribution >= 0.6 is 0 Å². The van der Waals surface area contributed by atoms with Crippen LogP contribution in [0.3, 0.4) is 0 Å². The maximum absolute atomic E-state index is 13.0. The molecule has 35 heavy (non-hydrogen) atoms. The van der Waals surface area contributed by atoms with Crippen molar-refractivity contribution in [1.82, 2.24) is 29.5 Å². The van der Waals surface area contributed by atoms with Crippen LogP contribution in [0.15, 0.2) is 36.8 Å². The number of aryl methyl sites for hydroxylation is 3. The van der Waals surface area contributed by atoms with Gasteiger partial charge in [0.15, 0.2) is 15.5 Å². The number of hydrogen-bond donors (Lipinski definition) is 0. The Hall–Kier alpha value is -3.27. The number of anilines is 1. The topological polar surface area (TPSA) is 98.8 Å². The van der Waals surface area contributed by atoms with Crippen molar-refractivity contribution in [2.24, 2.45) is 20.0 Å². The lowest BCUT2D eigenvalue weighted by molar-refractivity contribution is 0.579. The fourth-order valence-electron chi connectivity index (χ4n) is 5.13. The lowest BCUT2D eigenvalue weighted by Gasteiger charge is -2.19. The van der Waals surface area contributed by atoms with Gasteiger partial charge in [0, 0.05) is 38.3 Å². The second-order valence-corrected chi connectivity index (χ2v) is 12.2. The number of hydrogen-bond acceptors (Lipinski definition) is 7. The van der Waals surface area contributed by atoms with Gasteiger partial charge in [-0.05, 0) is 32.1 Å². The Bertz CT molecular complexity index is 1520. The molecule has 1 saturated carbocycles. The van der Waals surface area contributed by atoms with Gasteiger partial charge >= 0.3 is 0 Å². The van der Waals surface area contributed by atoms with E-state index in [1.807, 2.05) is 25.0 Å². The van der Waals surface area contributed by atoms with Gasteiger partial charge in [-0.25, -0.2) is 23.1 Å². The summed E-state index contributed by atoms with van der Waals surface area (Å²) in [5.41, 5.74) is 5.58. The maximum atomic E-state index is 13.0. The van der Waals surface area contributed by atoms with Crippen LogP contribution in [0.1, 0.15) is 24.8 Å². The van der Waals surface area contributed by atoms with Gasteiger partial charge in [0.05, 0.1) is 28.3 Å². The third-order valence-corrected chi connectivity index (χ3v) is 9.57. The first-order valence-corrected chi connectivity index (χ1v) is 13.8. The fourth-order valence-corrected chi connectivity index (χ4v) is 7.26. The number of aromatic nitrogens is 6. The summed E-state index contributed by atoms with van der Waals surface area (Å²) >= 11 is 0. The molecule has 4 aromatic rings. The highest BCUT2D eigenvalue weighted by Crippen LogP contribution is 2.39. The second-order valence-electron chi connectivity index (χ2n) is 9.89. The molecular weight excluding hydrogens is 462 g/mol. The minimum Gasteiger partial charge on any atom is -0.355 e. The summed E-state index contributed by atoms with van der Waals surface area (Å²) in [5, 5.41) is 9.87. The number of fused-ring (bicyclic) bond motifs is 1. The van der Waals surface area contributed by atoms with Gasteiger partial charge in [0.2, 0.25) is 0 Å². The van der Waals surface area contributed by atoms with E-state index in [1.165, 1.54) is 5.56 Å². The third-order valence-electron chi connectivity index (χ3n) is 7.24. The molecule has 0 amide bonds. The summed E-state index contributed by atoms with van der Waals surface area (Å²) in [7, 11) is 0.690. The molecule has 1 saturated heterocycles. The predicted octanol–water partition coefficient (Wildman–Crippen LogP) is 3.14. The Labute approximate surface area is 204 Å². The minimum atomic E-state index is -3.11. The lowest BCUT2D eigenvalue weighted by atomic mass is 10.0. The number of rotatable bonds is 6. The highest BCUT2D eigenvalue weighted by molar-refractivity contribution is 7.92. The average molecular weight is 492 g/mol. The largest absolute Gasteiger partial charge is 0.355 e. The molecule has 2 aliphatic rings. The third kappa shape index (κ3) is 3.89. The van der Waals surface area contributed by atoms with Crippen molar-refractivity contribution in [1.29, 1.82) is 0 Å². The average Bonchev–Trinajstić information content (AvgIpc) is 3.21. The smallest absolute Gasteiger partial charge is 0.163 e. The zero-order valence-corrected chi connectivity index (χ0v) is 21.0. The Morgan fingerprint density at radius 2 is 1.80 bits per heavy atom. The van der Waals surface area contributed by atoms with Crippen molar-refractivity contribution in [3.8, 4) is 22.5 Å². The number of benzene rings is 1. The SMILES string of the molecule is Cc1ccc(-c2c(-c3nn(C)c4ncnc(N5CCC(S(=O)(=O)CC6CC6)C5)c34)cnn2C)cc1. The van der Waals surface area contributed by atoms with E-state index in [2.05, 4.69) is 51.2 Å². The van der Waals surface area contributed by atoms with E-state index >= 15 is 0 Å². The van der Waals surface area contributed by atoms with Crippen LogP contribution in [0.5, 0.6) is 0 Å². The Morgan fingerprint density at radius 3 is 2.54 bits per heavy atom. The molecule has 182 valence electrons. The van der Waals surface area contributed by atoms with Crippen LogP contribution in [0.2, 0.25) is 0 Å². The monoisotopic (exact) mass is 491 g/mol. The van der Waals surface area contributed by atoms with Gasteiger partial charge in [-0.15, -0.1) is 0 Å². The van der Waals surface area contributed by atoms with Crippen molar-refractivity contribution >= 4 is 26.7 Å². The van der Waals surface area contributed by atoms with Crippen LogP contribution in [0, 0.1) is 12.8 Å². The molecule has 4 heterocycles. The van der Waals surface area contributed by atoms with Crippen molar-refractivity contribution < 1.29 is 8.42 Å². The fraction of sp³-hybridized carbons (Fsp3) is 0.440. The zero-order chi connectivity index (χ0) is 24.3. The maximum Gasteiger partial charge on any atom is 0.163 e. The molecule has 0 radical (unpaired) electrons. The highest BCUT2D eigenvalue weighted by atomic mass is 32.2. The molecule has 2 fully saturated rings. The summed E-state index contributed by atoms with van der Waals surface area (Å²) in [5.74, 6) is 1.41. The standard InChI is InChI=1S/C25H29N7O2S/c1-16-4-8-18(9-5-16)23-20(12-28-30(23)2)22-21-24(31(3)29-22)26-15-27-25(21)32-11-10-19(13-32)35(33,34)14-17-6-7-17/h4-5,8-9,12,15,17,19H,6-7,10-11,13-14H2,1-3H3. The molecule has 10 heteroatoms. The lowest BCUT2D eigenvalue weighted by Crippen LogP contribution is -2.29. The molecule has 1 aliphatic carbocycles. The van der Waals surface area contributed by atoms with Gasteiger partial charge in [0.25, 0.3) is 0 Å². The van der Waals surface area contributed by atoms with Gasteiger partial charge in [-0.3, -0.25) is 4.68 Å². The first kappa shape index (κ1) is 22.2. The molecule has 0 bridgehead atoms. The van der Waals surface area contributed by atoms with Gasteiger partial charge in [-0.1, -0.05) is 29.8 Å². The molecule has 1 atom stereocenters. The molecule has 1 aliphatic heterocycles. The summed E-state index contributed by atoms with van der Waals surface area (Å²) in [4.78, 5) is 11.2. The first-order valence-electron chi connectivity index (χ1n) is 12.1. The van der Waals surface area contributed by atoms with E-state index in [1.54, 1.807) is 11.0 Å². The number of nitrogens with zero attached hydrogens (tertiary/aromatic N) is 7. The van der Waals surface area contributed by atoms with Crippen molar-refractivity contribution in [3.63, 3.8) is 0 Å². The molecule has 0 N–H and O–H groups in total. The molecule has 1 aromatic carbocycles. The Morgan fingerprint density at radius 1 is 1.03 bits per heavy atom. The Kier molecular flexibility index (Phi) is 5.17. The summed E-state index contributed by atoms with van der Waals surface area (Å²) in [6.07, 6.45) is 6.07. The van der Waals surface area contributed by atoms with E-state index in [0.29, 0.717) is 36.8 Å². The van der Waals surface area contributed by atoms with E-state index < -0.39 is 9.84 Å². The van der Waals surface area contributed by atoms with E-state index in [4.69, 9.17) is 5.10 Å². The van der Waals surface area contributed by atoms with Crippen LogP contribution < -0.4 is 4.90 Å². The Balaban J connectivity index is 1.43. The summed E-state index contributed by atoms with van der Waals surface area (Å²) < 4.78 is 29.5. The molecule has 1 unspecified atom stereocenters. The van der Waals surface area contributed by atoms with E-state index in [0.717, 1.165) is 46.6 Å². The first-order chi connectivity index (χ1) is 16.8. The van der Waals surface area contributed by atoms with Crippen LogP contribution in [-0.4, -0.2) is 62.0 Å². The van der Waals surface area contributed by atoms with E-state index in [-0.39, 0.29) is 5.25 Å². The number of sulfone groups is 1. The molecule has 3 aromatic heterocycles. The van der Waals surface area contributed by atoms with Crippen LogP contribution in [0.25, 0.3) is 33.5 Å². The highest BCUT2D eigenvalue weighted by Gasteiger charge is 2.38. The van der Waals surface area contributed by atoms with Crippen molar-refractivity contribution in [3.05, 3.63) is 42.4 Å². The normalized spacial score (nSPS) is 18.6. The van der Waals surface area contributed by atoms with E-state index in [9.17, 15) is 8.42 Å². The van der Waals surface area contributed by atoms with Crippen molar-refractivity contribution in [2.75, 3.05) is 23.7 Å². The minimum absolute atomic E-state index is 0.318. The summed E-state index contributed by atoms with van der Waals surface area (Å²) in [6, 6.07) is 8.36. The summed E-state index contributed by atoms with van der Waals surface area (Å²) in [6.45, 7) is 3.16. The molecule has 6 rings (SSSR count). The van der Waals surface area contributed by atoms with Gasteiger partial charge in [0.1, 0.15) is 17.8 Å². The zero-order valence-electron chi connectivity index (χ0n) is 20.2. The molecule has 9 nitrogen and oxygen atoms in total.